The highest BCUT2D eigenvalue weighted by Gasteiger charge is 2.63. The van der Waals surface area contributed by atoms with Crippen molar-refractivity contribution in [1.29, 1.82) is 0 Å². The first-order valence-electron chi connectivity index (χ1n) is 6.42. The number of carbonyl (C=O) groups is 1. The van der Waals surface area contributed by atoms with E-state index in [9.17, 15) is 9.90 Å². The first-order valence-corrected chi connectivity index (χ1v) is 6.42. The van der Waals surface area contributed by atoms with Crippen LogP contribution in [-0.2, 0) is 23.7 Å². The van der Waals surface area contributed by atoms with E-state index in [2.05, 4.69) is 10.0 Å². The Kier molecular flexibility index (Phi) is 3.23. The standard InChI is InChI=1S/C11H15N3O7/c1-10(2)19-6-5(13-14-12)8(15)21-11(7(6)20-10)3-17-9(16)18-4-11/h5-8,15H,3-4H2,1-2H3/t5-,6?,7+,8?/m0/s1. The van der Waals surface area contributed by atoms with Gasteiger partial charge in [-0.25, -0.2) is 4.79 Å². The fraction of sp³-hybridized carbons (Fsp3) is 0.909. The van der Waals surface area contributed by atoms with E-state index in [0.29, 0.717) is 0 Å². The number of hydrogen-bond donors (Lipinski definition) is 1. The number of rotatable bonds is 1. The van der Waals surface area contributed by atoms with Crippen LogP contribution in [-0.4, -0.2) is 60.4 Å². The number of nitrogens with zero attached hydrogens (tertiary/aromatic N) is 3. The van der Waals surface area contributed by atoms with Crippen LogP contribution in [0.25, 0.3) is 10.4 Å². The largest absolute Gasteiger partial charge is 0.508 e. The van der Waals surface area contributed by atoms with Crippen molar-refractivity contribution < 1.29 is 33.6 Å². The van der Waals surface area contributed by atoms with Gasteiger partial charge < -0.3 is 28.8 Å². The molecular weight excluding hydrogens is 286 g/mol. The number of azide groups is 1. The molecule has 3 rings (SSSR count). The minimum absolute atomic E-state index is 0.146. The molecule has 0 amide bonds. The molecule has 0 aromatic heterocycles. The minimum atomic E-state index is -1.42. The zero-order valence-corrected chi connectivity index (χ0v) is 11.5. The van der Waals surface area contributed by atoms with E-state index < -0.39 is 42.1 Å². The predicted molar refractivity (Wildman–Crippen MR) is 63.9 cm³/mol. The molecule has 3 fully saturated rings. The molecule has 0 saturated carbocycles. The first kappa shape index (κ1) is 14.4. The SMILES string of the molecule is CC1(C)OC2[C@H](N=[N+]=[N-])C(O)OC3(COC(=O)OC3)[C@@H]2O1. The van der Waals surface area contributed by atoms with Gasteiger partial charge >= 0.3 is 6.16 Å². The highest BCUT2D eigenvalue weighted by atomic mass is 16.8. The molecule has 10 nitrogen and oxygen atoms in total. The summed E-state index contributed by atoms with van der Waals surface area (Å²) in [6, 6.07) is -0.968. The molecule has 1 N–H and O–H groups in total. The molecule has 4 atom stereocenters. The lowest BCUT2D eigenvalue weighted by Gasteiger charge is -2.47. The number of fused-ring (bicyclic) bond motifs is 2. The van der Waals surface area contributed by atoms with Gasteiger partial charge in [-0.05, 0) is 19.4 Å². The van der Waals surface area contributed by atoms with Crippen molar-refractivity contribution in [1.82, 2.24) is 0 Å². The first-order chi connectivity index (χ1) is 9.87. The summed E-state index contributed by atoms with van der Waals surface area (Å²) in [5.74, 6) is -0.958. The molecule has 116 valence electrons. The van der Waals surface area contributed by atoms with E-state index in [0.717, 1.165) is 0 Å². The zero-order valence-electron chi connectivity index (χ0n) is 11.5. The maximum atomic E-state index is 11.1. The van der Waals surface area contributed by atoms with E-state index in [1.54, 1.807) is 13.8 Å². The smallest absolute Gasteiger partial charge is 0.431 e. The lowest BCUT2D eigenvalue weighted by Crippen LogP contribution is -2.67. The van der Waals surface area contributed by atoms with Crippen LogP contribution in [0.15, 0.2) is 5.11 Å². The highest BCUT2D eigenvalue weighted by Crippen LogP contribution is 2.44. The number of carbonyl (C=O) groups excluding carboxylic acids is 1. The molecule has 2 unspecified atom stereocenters. The third-order valence-electron chi connectivity index (χ3n) is 3.69. The monoisotopic (exact) mass is 301 g/mol. The van der Waals surface area contributed by atoms with Crippen molar-refractivity contribution in [2.75, 3.05) is 13.2 Å². The van der Waals surface area contributed by atoms with Gasteiger partial charge in [0.2, 0.25) is 0 Å². The Morgan fingerprint density at radius 3 is 2.57 bits per heavy atom. The second-order valence-corrected chi connectivity index (χ2v) is 5.62. The predicted octanol–water partition coefficient (Wildman–Crippen LogP) is 0.440. The quantitative estimate of drug-likeness (QED) is 0.321. The van der Waals surface area contributed by atoms with Gasteiger partial charge in [-0.1, -0.05) is 5.11 Å². The van der Waals surface area contributed by atoms with Crippen molar-refractivity contribution in [3.8, 4) is 0 Å². The van der Waals surface area contributed by atoms with Crippen LogP contribution in [0.3, 0.4) is 0 Å². The van der Waals surface area contributed by atoms with Crippen LogP contribution in [0.5, 0.6) is 0 Å². The summed E-state index contributed by atoms with van der Waals surface area (Å²) in [4.78, 5) is 13.8. The highest BCUT2D eigenvalue weighted by molar-refractivity contribution is 5.61. The fourth-order valence-electron chi connectivity index (χ4n) is 2.85. The van der Waals surface area contributed by atoms with Crippen LogP contribution in [0.2, 0.25) is 0 Å². The lowest BCUT2D eigenvalue weighted by atomic mass is 9.86. The number of aliphatic hydroxyl groups is 1. The summed E-state index contributed by atoms with van der Waals surface area (Å²) in [7, 11) is 0. The van der Waals surface area contributed by atoms with Gasteiger partial charge in [0.1, 0.15) is 31.5 Å². The number of ether oxygens (including phenoxy) is 5. The molecule has 3 saturated heterocycles. The summed E-state index contributed by atoms with van der Waals surface area (Å²) in [6.07, 6.45) is -3.68. The normalized spacial score (nSPS) is 39.9. The molecule has 3 heterocycles. The molecule has 10 heteroatoms. The molecular formula is C11H15N3O7. The van der Waals surface area contributed by atoms with E-state index in [1.165, 1.54) is 0 Å². The Bertz CT molecular complexity index is 494. The van der Waals surface area contributed by atoms with Crippen LogP contribution in [0.4, 0.5) is 4.79 Å². The summed E-state index contributed by atoms with van der Waals surface area (Å²) >= 11 is 0. The van der Waals surface area contributed by atoms with Crippen LogP contribution < -0.4 is 0 Å². The summed E-state index contributed by atoms with van der Waals surface area (Å²) in [5.41, 5.74) is 7.42. The van der Waals surface area contributed by atoms with Gasteiger partial charge in [-0.15, -0.1) is 0 Å². The van der Waals surface area contributed by atoms with Crippen molar-refractivity contribution >= 4 is 6.16 Å². The van der Waals surface area contributed by atoms with E-state index in [1.807, 2.05) is 0 Å². The van der Waals surface area contributed by atoms with Gasteiger partial charge in [-0.3, -0.25) is 0 Å². The molecule has 1 spiro atoms. The molecule has 0 radical (unpaired) electrons. The van der Waals surface area contributed by atoms with E-state index >= 15 is 0 Å². The summed E-state index contributed by atoms with van der Waals surface area (Å²) < 4.78 is 26.7. The Hall–Kier alpha value is -1.58. The Balaban J connectivity index is 1.94. The third-order valence-corrected chi connectivity index (χ3v) is 3.69. The van der Waals surface area contributed by atoms with Crippen molar-refractivity contribution in [2.24, 2.45) is 5.11 Å². The van der Waals surface area contributed by atoms with Gasteiger partial charge in [0.15, 0.2) is 17.7 Å². The van der Waals surface area contributed by atoms with Gasteiger partial charge in [0.05, 0.1) is 0 Å². The Morgan fingerprint density at radius 1 is 1.29 bits per heavy atom. The molecule has 0 aromatic rings. The van der Waals surface area contributed by atoms with Gasteiger partial charge in [0.25, 0.3) is 0 Å². The van der Waals surface area contributed by atoms with E-state index in [4.69, 9.17) is 29.2 Å². The topological polar surface area (TPSA) is 132 Å². The second-order valence-electron chi connectivity index (χ2n) is 5.62. The minimum Gasteiger partial charge on any atom is -0.431 e. The van der Waals surface area contributed by atoms with Crippen LogP contribution >= 0.6 is 0 Å². The van der Waals surface area contributed by atoms with Crippen LogP contribution in [0.1, 0.15) is 13.8 Å². The summed E-state index contributed by atoms with van der Waals surface area (Å²) in [5, 5.41) is 13.6. The molecule has 3 aliphatic rings. The van der Waals surface area contributed by atoms with Crippen molar-refractivity contribution in [2.45, 2.75) is 49.8 Å². The number of cyclic esters (lactones) is 2. The molecule has 0 aromatic carbocycles. The van der Waals surface area contributed by atoms with Crippen molar-refractivity contribution in [3.63, 3.8) is 0 Å². The number of aliphatic hydroxyl groups excluding tert-OH is 1. The number of hydrogen-bond acceptors (Lipinski definition) is 8. The zero-order chi connectivity index (χ0) is 15.3. The van der Waals surface area contributed by atoms with E-state index in [-0.39, 0.29) is 13.2 Å². The maximum absolute atomic E-state index is 11.1. The average Bonchev–Trinajstić information content (AvgIpc) is 2.74. The summed E-state index contributed by atoms with van der Waals surface area (Å²) in [6.45, 7) is 3.08. The fourth-order valence-corrected chi connectivity index (χ4v) is 2.85. The Labute approximate surface area is 119 Å². The van der Waals surface area contributed by atoms with Gasteiger partial charge in [0, 0.05) is 4.91 Å². The Morgan fingerprint density at radius 2 is 1.95 bits per heavy atom. The van der Waals surface area contributed by atoms with Crippen molar-refractivity contribution in [3.05, 3.63) is 10.4 Å². The molecule has 0 bridgehead atoms. The molecule has 3 aliphatic heterocycles. The van der Waals surface area contributed by atoms with Crippen LogP contribution in [0, 0.1) is 0 Å². The lowest BCUT2D eigenvalue weighted by molar-refractivity contribution is -0.299. The average molecular weight is 301 g/mol. The second kappa shape index (κ2) is 4.72. The van der Waals surface area contributed by atoms with Gasteiger partial charge in [-0.2, -0.15) is 0 Å². The molecule has 21 heavy (non-hydrogen) atoms. The molecule has 0 aliphatic carbocycles. The third kappa shape index (κ3) is 2.30. The maximum Gasteiger partial charge on any atom is 0.508 e.